The Morgan fingerprint density at radius 2 is 1.45 bits per heavy atom. The summed E-state index contributed by atoms with van der Waals surface area (Å²) in [5, 5.41) is 3.28. The van der Waals surface area contributed by atoms with Gasteiger partial charge in [0, 0.05) is 23.9 Å². The van der Waals surface area contributed by atoms with E-state index in [2.05, 4.69) is 15.3 Å². The Balaban J connectivity index is 2.00. The van der Waals surface area contributed by atoms with Crippen molar-refractivity contribution >= 4 is 22.5 Å². The third-order valence-corrected chi connectivity index (χ3v) is 3.36. The van der Waals surface area contributed by atoms with Crippen molar-refractivity contribution in [3.05, 3.63) is 48.2 Å². The highest BCUT2D eigenvalue weighted by Crippen LogP contribution is 2.28. The van der Waals surface area contributed by atoms with E-state index in [0.29, 0.717) is 17.3 Å². The second-order valence-electron chi connectivity index (χ2n) is 4.87. The first kappa shape index (κ1) is 14.1. The quantitative estimate of drug-likeness (QED) is 0.795. The van der Waals surface area contributed by atoms with E-state index in [1.807, 2.05) is 49.4 Å². The Bertz CT molecular complexity index is 796. The maximum Gasteiger partial charge on any atom is 0.152 e. The van der Waals surface area contributed by atoms with Gasteiger partial charge in [0.05, 0.1) is 30.9 Å². The second kappa shape index (κ2) is 5.89. The number of methoxy groups -OCH3 is 2. The molecular formula is C17H17N3O2. The van der Waals surface area contributed by atoms with Crippen LogP contribution in [0.15, 0.2) is 42.5 Å². The van der Waals surface area contributed by atoms with Crippen LogP contribution in [0.5, 0.6) is 11.5 Å². The maximum atomic E-state index is 5.28. The molecule has 1 aromatic heterocycles. The van der Waals surface area contributed by atoms with Gasteiger partial charge in [0.1, 0.15) is 11.5 Å². The molecule has 0 radical (unpaired) electrons. The number of rotatable bonds is 4. The monoisotopic (exact) mass is 295 g/mol. The first-order valence-electron chi connectivity index (χ1n) is 6.93. The average Bonchev–Trinajstić information content (AvgIpc) is 2.55. The summed E-state index contributed by atoms with van der Waals surface area (Å²) in [7, 11) is 3.25. The van der Waals surface area contributed by atoms with Gasteiger partial charge in [-0.15, -0.1) is 0 Å². The molecule has 0 atom stereocenters. The number of fused-ring (bicyclic) bond motifs is 1. The molecule has 0 spiro atoms. The van der Waals surface area contributed by atoms with Gasteiger partial charge in [-0.1, -0.05) is 12.1 Å². The van der Waals surface area contributed by atoms with Crippen molar-refractivity contribution in [3.8, 4) is 11.5 Å². The van der Waals surface area contributed by atoms with Crippen LogP contribution in [-0.4, -0.2) is 24.2 Å². The lowest BCUT2D eigenvalue weighted by molar-refractivity contribution is 0.395. The molecule has 0 aliphatic rings. The number of anilines is 2. The zero-order valence-electron chi connectivity index (χ0n) is 12.8. The predicted molar refractivity (Wildman–Crippen MR) is 87.1 cm³/mol. The molecule has 5 nitrogen and oxygen atoms in total. The van der Waals surface area contributed by atoms with Crippen LogP contribution in [0.25, 0.3) is 11.0 Å². The van der Waals surface area contributed by atoms with Crippen molar-refractivity contribution in [2.24, 2.45) is 0 Å². The minimum absolute atomic E-state index is 0.716. The lowest BCUT2D eigenvalue weighted by atomic mass is 10.2. The third kappa shape index (κ3) is 2.79. The van der Waals surface area contributed by atoms with E-state index in [4.69, 9.17) is 9.47 Å². The number of ether oxygens (including phenoxy) is 2. The molecule has 0 amide bonds. The van der Waals surface area contributed by atoms with Gasteiger partial charge in [-0.2, -0.15) is 0 Å². The summed E-state index contributed by atoms with van der Waals surface area (Å²) in [6.45, 7) is 1.93. The van der Waals surface area contributed by atoms with Gasteiger partial charge in [0.2, 0.25) is 0 Å². The molecule has 0 aliphatic carbocycles. The van der Waals surface area contributed by atoms with Crippen LogP contribution in [0.4, 0.5) is 11.5 Å². The van der Waals surface area contributed by atoms with Crippen molar-refractivity contribution in [1.29, 1.82) is 0 Å². The molecule has 0 fully saturated rings. The van der Waals surface area contributed by atoms with E-state index >= 15 is 0 Å². The van der Waals surface area contributed by atoms with E-state index < -0.39 is 0 Å². The summed E-state index contributed by atoms with van der Waals surface area (Å²) < 4.78 is 10.6. The molecule has 0 saturated carbocycles. The summed E-state index contributed by atoms with van der Waals surface area (Å²) in [5.74, 6) is 2.15. The first-order valence-corrected chi connectivity index (χ1v) is 6.93. The summed E-state index contributed by atoms with van der Waals surface area (Å²) in [6, 6.07) is 13.4. The molecule has 1 N–H and O–H groups in total. The van der Waals surface area contributed by atoms with Crippen molar-refractivity contribution in [2.75, 3.05) is 19.5 Å². The van der Waals surface area contributed by atoms with Gasteiger partial charge in [0.25, 0.3) is 0 Å². The number of aryl methyl sites for hydroxylation is 1. The van der Waals surface area contributed by atoms with Crippen molar-refractivity contribution in [3.63, 3.8) is 0 Å². The smallest absolute Gasteiger partial charge is 0.152 e. The number of aromatic nitrogens is 2. The van der Waals surface area contributed by atoms with Gasteiger partial charge in [0.15, 0.2) is 5.82 Å². The van der Waals surface area contributed by atoms with Crippen LogP contribution in [0.3, 0.4) is 0 Å². The number of para-hydroxylation sites is 2. The van der Waals surface area contributed by atoms with Crippen molar-refractivity contribution < 1.29 is 9.47 Å². The Morgan fingerprint density at radius 3 is 2.05 bits per heavy atom. The van der Waals surface area contributed by atoms with E-state index in [-0.39, 0.29) is 0 Å². The number of nitrogens with zero attached hydrogens (tertiary/aromatic N) is 2. The summed E-state index contributed by atoms with van der Waals surface area (Å²) in [6.07, 6.45) is 0. The van der Waals surface area contributed by atoms with Gasteiger partial charge in [-0.3, -0.25) is 0 Å². The molecule has 0 aliphatic heterocycles. The Hall–Kier alpha value is -2.82. The van der Waals surface area contributed by atoms with Crippen LogP contribution in [0, 0.1) is 6.92 Å². The normalized spacial score (nSPS) is 10.5. The van der Waals surface area contributed by atoms with E-state index in [1.165, 1.54) is 0 Å². The molecule has 0 unspecified atom stereocenters. The Morgan fingerprint density at radius 1 is 0.864 bits per heavy atom. The summed E-state index contributed by atoms with van der Waals surface area (Å²) >= 11 is 0. The molecule has 1 heterocycles. The maximum absolute atomic E-state index is 5.28. The molecule has 3 aromatic rings. The standard InChI is InChI=1S/C17H17N3O2/c1-11-17(20-16-7-5-4-6-15(16)18-11)19-12-8-13(21-2)10-14(9-12)22-3/h4-10H,1-3H3,(H,19,20). The van der Waals surface area contributed by atoms with E-state index in [1.54, 1.807) is 14.2 Å². The van der Waals surface area contributed by atoms with Crippen molar-refractivity contribution in [1.82, 2.24) is 9.97 Å². The zero-order valence-corrected chi connectivity index (χ0v) is 12.8. The minimum Gasteiger partial charge on any atom is -0.497 e. The van der Waals surface area contributed by atoms with Crippen LogP contribution in [0.2, 0.25) is 0 Å². The fourth-order valence-corrected chi connectivity index (χ4v) is 2.22. The molecule has 0 saturated heterocycles. The minimum atomic E-state index is 0.716. The number of hydrogen-bond donors (Lipinski definition) is 1. The molecule has 112 valence electrons. The SMILES string of the molecule is COc1cc(Nc2nc3ccccc3nc2C)cc(OC)c1. The highest BCUT2D eigenvalue weighted by molar-refractivity contribution is 5.77. The van der Waals surface area contributed by atoms with Gasteiger partial charge in [-0.25, -0.2) is 9.97 Å². The van der Waals surface area contributed by atoms with Gasteiger partial charge in [-0.05, 0) is 19.1 Å². The highest BCUT2D eigenvalue weighted by atomic mass is 16.5. The zero-order chi connectivity index (χ0) is 15.5. The Kier molecular flexibility index (Phi) is 3.78. The molecule has 5 heteroatoms. The third-order valence-electron chi connectivity index (χ3n) is 3.36. The van der Waals surface area contributed by atoms with Crippen LogP contribution < -0.4 is 14.8 Å². The number of hydrogen-bond acceptors (Lipinski definition) is 5. The van der Waals surface area contributed by atoms with Crippen LogP contribution in [-0.2, 0) is 0 Å². The van der Waals surface area contributed by atoms with Crippen molar-refractivity contribution in [2.45, 2.75) is 6.92 Å². The number of nitrogens with one attached hydrogen (secondary N) is 1. The lowest BCUT2D eigenvalue weighted by Crippen LogP contribution is -2.00. The van der Waals surface area contributed by atoms with Crippen LogP contribution in [0.1, 0.15) is 5.69 Å². The summed E-state index contributed by atoms with van der Waals surface area (Å²) in [4.78, 5) is 9.20. The fourth-order valence-electron chi connectivity index (χ4n) is 2.22. The first-order chi connectivity index (χ1) is 10.7. The predicted octanol–water partition coefficient (Wildman–Crippen LogP) is 3.70. The fraction of sp³-hybridized carbons (Fsp3) is 0.176. The van der Waals surface area contributed by atoms with Gasteiger partial charge < -0.3 is 14.8 Å². The molecule has 3 rings (SSSR count). The lowest BCUT2D eigenvalue weighted by Gasteiger charge is -2.12. The molecule has 2 aromatic carbocycles. The second-order valence-corrected chi connectivity index (χ2v) is 4.87. The largest absolute Gasteiger partial charge is 0.497 e. The topological polar surface area (TPSA) is 56.3 Å². The molecule has 0 bridgehead atoms. The average molecular weight is 295 g/mol. The Labute approximate surface area is 128 Å². The summed E-state index contributed by atoms with van der Waals surface area (Å²) in [5.41, 5.74) is 3.41. The van der Waals surface area contributed by atoms with E-state index in [9.17, 15) is 0 Å². The molecule has 22 heavy (non-hydrogen) atoms. The van der Waals surface area contributed by atoms with Crippen LogP contribution >= 0.6 is 0 Å². The molecular weight excluding hydrogens is 278 g/mol. The number of benzene rings is 2. The van der Waals surface area contributed by atoms with E-state index in [0.717, 1.165) is 22.4 Å². The highest BCUT2D eigenvalue weighted by Gasteiger charge is 2.07. The van der Waals surface area contributed by atoms with Gasteiger partial charge >= 0.3 is 0 Å².